The van der Waals surface area contributed by atoms with Crippen molar-refractivity contribution in [1.82, 2.24) is 15.3 Å². The van der Waals surface area contributed by atoms with Crippen molar-refractivity contribution in [3.05, 3.63) is 66.4 Å². The van der Waals surface area contributed by atoms with Crippen molar-refractivity contribution in [1.29, 1.82) is 0 Å². The van der Waals surface area contributed by atoms with Crippen molar-refractivity contribution in [2.24, 2.45) is 0 Å². The molecule has 2 heterocycles. The first-order valence-corrected chi connectivity index (χ1v) is 7.90. The second-order valence-electron chi connectivity index (χ2n) is 5.78. The summed E-state index contributed by atoms with van der Waals surface area (Å²) >= 11 is 0. The third-order valence-electron chi connectivity index (χ3n) is 4.15. The highest BCUT2D eigenvalue weighted by Crippen LogP contribution is 2.33. The molecule has 1 aliphatic rings. The number of nitrogens with zero attached hydrogens (tertiary/aromatic N) is 3. The molecule has 1 aromatic heterocycles. The van der Waals surface area contributed by atoms with E-state index in [1.807, 2.05) is 60.7 Å². The molecule has 6 nitrogen and oxygen atoms in total. The number of carbonyl (C=O) groups is 1. The van der Waals surface area contributed by atoms with Crippen LogP contribution in [0.25, 0.3) is 22.5 Å². The van der Waals surface area contributed by atoms with E-state index in [0.29, 0.717) is 17.2 Å². The third kappa shape index (κ3) is 2.62. The van der Waals surface area contributed by atoms with E-state index in [2.05, 4.69) is 15.3 Å². The number of benzene rings is 2. The second-order valence-corrected chi connectivity index (χ2v) is 5.78. The molecule has 0 radical (unpaired) electrons. The molecule has 4 rings (SSSR count). The normalized spacial score (nSPS) is 16.3. The Bertz CT molecular complexity index is 929. The summed E-state index contributed by atoms with van der Waals surface area (Å²) in [5.41, 5.74) is 3.26. The number of fused-ring (bicyclic) bond motifs is 1. The van der Waals surface area contributed by atoms with E-state index in [1.54, 1.807) is 7.05 Å². The first-order chi connectivity index (χ1) is 12.1. The molecule has 0 saturated heterocycles. The molecule has 1 aliphatic heterocycles. The van der Waals surface area contributed by atoms with Crippen molar-refractivity contribution < 1.29 is 9.90 Å². The Kier molecular flexibility index (Phi) is 3.66. The first kappa shape index (κ1) is 15.3. The Morgan fingerprint density at radius 3 is 1.96 bits per heavy atom. The summed E-state index contributed by atoms with van der Waals surface area (Å²) in [6, 6.07) is 19.3. The first-order valence-electron chi connectivity index (χ1n) is 7.90. The number of aromatic nitrogens is 2. The number of aliphatic hydroxyl groups is 1. The number of nitrogens with one attached hydrogen (secondary N) is 1. The maximum Gasteiger partial charge on any atom is 0.277 e. The van der Waals surface area contributed by atoms with Crippen LogP contribution in [0.2, 0.25) is 0 Å². The molecule has 0 fully saturated rings. The van der Waals surface area contributed by atoms with Gasteiger partial charge in [-0.2, -0.15) is 0 Å². The van der Waals surface area contributed by atoms with E-state index < -0.39 is 12.3 Å². The molecule has 3 aromatic rings. The number of hydrogen-bond acceptors (Lipinski definition) is 5. The van der Waals surface area contributed by atoms with E-state index in [1.165, 1.54) is 4.90 Å². The number of anilines is 1. The van der Waals surface area contributed by atoms with Gasteiger partial charge in [0.1, 0.15) is 0 Å². The maximum atomic E-state index is 12.3. The highest BCUT2D eigenvalue weighted by atomic mass is 16.3. The molecule has 0 aliphatic carbocycles. The lowest BCUT2D eigenvalue weighted by Crippen LogP contribution is -2.51. The summed E-state index contributed by atoms with van der Waals surface area (Å²) in [6.45, 7) is 0. The number of hydrogen-bond donors (Lipinski definition) is 2. The van der Waals surface area contributed by atoms with Gasteiger partial charge in [0, 0.05) is 18.2 Å². The molecule has 2 aromatic carbocycles. The van der Waals surface area contributed by atoms with E-state index >= 15 is 0 Å². The lowest BCUT2D eigenvalue weighted by molar-refractivity contribution is 0.0748. The van der Waals surface area contributed by atoms with Crippen LogP contribution in [0.1, 0.15) is 10.5 Å². The zero-order chi connectivity index (χ0) is 17.4. The molecule has 1 atom stereocenters. The molecule has 124 valence electrons. The van der Waals surface area contributed by atoms with Crippen LogP contribution in [0.4, 0.5) is 5.82 Å². The number of aliphatic hydroxyl groups excluding tert-OH is 1. The molecular weight excluding hydrogens is 316 g/mol. The van der Waals surface area contributed by atoms with E-state index in [4.69, 9.17) is 0 Å². The summed E-state index contributed by atoms with van der Waals surface area (Å²) in [5, 5.41) is 12.4. The smallest absolute Gasteiger partial charge is 0.277 e. The van der Waals surface area contributed by atoms with Crippen LogP contribution < -0.4 is 10.2 Å². The van der Waals surface area contributed by atoms with Crippen molar-refractivity contribution in [2.75, 3.05) is 11.9 Å². The molecule has 25 heavy (non-hydrogen) atoms. The molecule has 2 N–H and O–H groups in total. The SMILES string of the molecule is CN1c2nc(-c3ccccc3)c(-c3ccccc3)nc2C(=O)NC1O. The van der Waals surface area contributed by atoms with Gasteiger partial charge in [0.15, 0.2) is 11.5 Å². The van der Waals surface area contributed by atoms with Gasteiger partial charge >= 0.3 is 0 Å². The zero-order valence-corrected chi connectivity index (χ0v) is 13.5. The van der Waals surface area contributed by atoms with Crippen molar-refractivity contribution in [3.8, 4) is 22.5 Å². The maximum absolute atomic E-state index is 12.3. The van der Waals surface area contributed by atoms with Crippen LogP contribution in [0.5, 0.6) is 0 Å². The topological polar surface area (TPSA) is 78.4 Å². The minimum atomic E-state index is -1.12. The van der Waals surface area contributed by atoms with E-state index in [0.717, 1.165) is 11.1 Å². The molecule has 6 heteroatoms. The van der Waals surface area contributed by atoms with Gasteiger partial charge in [0.2, 0.25) is 6.35 Å². The van der Waals surface area contributed by atoms with Crippen LogP contribution in [0.3, 0.4) is 0 Å². The molecule has 1 unspecified atom stereocenters. The summed E-state index contributed by atoms with van der Waals surface area (Å²) in [6.07, 6.45) is -1.12. The van der Waals surface area contributed by atoms with E-state index in [-0.39, 0.29) is 5.69 Å². The van der Waals surface area contributed by atoms with Crippen molar-refractivity contribution in [2.45, 2.75) is 6.35 Å². The predicted molar refractivity (Wildman–Crippen MR) is 94.8 cm³/mol. The largest absolute Gasteiger partial charge is 0.356 e. The predicted octanol–water partition coefficient (Wildman–Crippen LogP) is 2.27. The lowest BCUT2D eigenvalue weighted by atomic mass is 10.0. The highest BCUT2D eigenvalue weighted by Gasteiger charge is 2.31. The molecular formula is C19H16N4O2. The average molecular weight is 332 g/mol. The zero-order valence-electron chi connectivity index (χ0n) is 13.5. The lowest BCUT2D eigenvalue weighted by Gasteiger charge is -2.31. The van der Waals surface area contributed by atoms with Crippen LogP contribution in [0, 0.1) is 0 Å². The Balaban J connectivity index is 2.00. The fraction of sp³-hybridized carbons (Fsp3) is 0.105. The van der Waals surface area contributed by atoms with Gasteiger partial charge in [-0.25, -0.2) is 9.97 Å². The minimum absolute atomic E-state index is 0.200. The second kappa shape index (κ2) is 5.99. The van der Waals surface area contributed by atoms with E-state index in [9.17, 15) is 9.90 Å². The standard InChI is InChI=1S/C19H16N4O2/c1-23-17-16(18(24)22-19(23)25)20-14(12-8-4-2-5-9-12)15(21-17)13-10-6-3-7-11-13/h2-11,19,25H,1H3,(H,22,24). The summed E-state index contributed by atoms with van der Waals surface area (Å²) < 4.78 is 0. The van der Waals surface area contributed by atoms with Gasteiger partial charge in [0.05, 0.1) is 11.4 Å². The number of amides is 1. The van der Waals surface area contributed by atoms with Crippen LogP contribution in [0.15, 0.2) is 60.7 Å². The number of rotatable bonds is 2. The fourth-order valence-electron chi connectivity index (χ4n) is 2.82. The van der Waals surface area contributed by atoms with Gasteiger partial charge in [-0.1, -0.05) is 60.7 Å². The van der Waals surface area contributed by atoms with Crippen LogP contribution >= 0.6 is 0 Å². The summed E-state index contributed by atoms with van der Waals surface area (Å²) in [5.74, 6) is -0.0836. The van der Waals surface area contributed by atoms with Gasteiger partial charge in [-0.05, 0) is 0 Å². The molecule has 0 spiro atoms. The quantitative estimate of drug-likeness (QED) is 0.753. The van der Waals surface area contributed by atoms with Gasteiger partial charge < -0.3 is 15.3 Å². The fourth-order valence-corrected chi connectivity index (χ4v) is 2.82. The van der Waals surface area contributed by atoms with Gasteiger partial charge in [-0.15, -0.1) is 0 Å². The average Bonchev–Trinajstić information content (AvgIpc) is 2.66. The minimum Gasteiger partial charge on any atom is -0.356 e. The highest BCUT2D eigenvalue weighted by molar-refractivity contribution is 6.00. The Morgan fingerprint density at radius 2 is 1.40 bits per heavy atom. The monoisotopic (exact) mass is 332 g/mol. The van der Waals surface area contributed by atoms with Crippen LogP contribution in [-0.2, 0) is 0 Å². The molecule has 1 amide bonds. The number of carbonyl (C=O) groups excluding carboxylic acids is 1. The van der Waals surface area contributed by atoms with Gasteiger partial charge in [0.25, 0.3) is 5.91 Å². The van der Waals surface area contributed by atoms with Gasteiger partial charge in [-0.3, -0.25) is 4.79 Å². The summed E-state index contributed by atoms with van der Waals surface area (Å²) in [7, 11) is 1.66. The Labute approximate surface area is 144 Å². The Hall–Kier alpha value is -3.25. The van der Waals surface area contributed by atoms with Crippen molar-refractivity contribution >= 4 is 11.7 Å². The van der Waals surface area contributed by atoms with Crippen molar-refractivity contribution in [3.63, 3.8) is 0 Å². The summed E-state index contributed by atoms with van der Waals surface area (Å²) in [4.78, 5) is 23.0. The molecule has 0 saturated carbocycles. The van der Waals surface area contributed by atoms with Crippen LogP contribution in [-0.4, -0.2) is 34.4 Å². The Morgan fingerprint density at radius 1 is 0.880 bits per heavy atom. The molecule has 0 bridgehead atoms. The third-order valence-corrected chi connectivity index (χ3v) is 4.15.